The van der Waals surface area contributed by atoms with Gasteiger partial charge in [-0.05, 0) is 45.5 Å². The Morgan fingerprint density at radius 2 is 1.81 bits per heavy atom. The molecule has 3 aliphatic carbocycles. The maximum absolute atomic E-state index is 5.00. The highest BCUT2D eigenvalue weighted by atomic mass is 14.8. The van der Waals surface area contributed by atoms with E-state index in [1.54, 1.807) is 0 Å². The first-order valence-corrected chi connectivity index (χ1v) is 9.72. The van der Waals surface area contributed by atoms with Crippen molar-refractivity contribution in [2.24, 2.45) is 4.99 Å². The molecular weight excluding hydrogens is 326 g/mol. The second-order valence-electron chi connectivity index (χ2n) is 7.90. The molecule has 0 N–H and O–H groups in total. The fourth-order valence-corrected chi connectivity index (χ4v) is 5.56. The minimum atomic E-state index is 0.375. The third-order valence-electron chi connectivity index (χ3n) is 6.63. The van der Waals surface area contributed by atoms with Crippen molar-refractivity contribution in [2.45, 2.75) is 18.3 Å². The molecule has 4 aliphatic rings. The molecule has 3 aromatic carbocycles. The van der Waals surface area contributed by atoms with Crippen LogP contribution in [0, 0.1) is 0 Å². The van der Waals surface area contributed by atoms with Crippen molar-refractivity contribution in [3.05, 3.63) is 117 Å². The second-order valence-corrected chi connectivity index (χ2v) is 7.90. The summed E-state index contributed by atoms with van der Waals surface area (Å²) in [6, 6.07) is 22.2. The standard InChI is InChI=1S/C26H17N/c1-2-5-15(6-3-1)18-12-9-17-11-14-21-26-23(17)24(18)19-8-4-7-16-10-13-20(27-21)25(26)22(16)19/h1-10,12-14,18,24H,11H2. The molecule has 0 bridgehead atoms. The van der Waals surface area contributed by atoms with Gasteiger partial charge in [0.15, 0.2) is 0 Å². The van der Waals surface area contributed by atoms with Crippen molar-refractivity contribution >= 4 is 16.3 Å². The molecule has 2 unspecified atom stereocenters. The van der Waals surface area contributed by atoms with Crippen LogP contribution in [0.15, 0.2) is 101 Å². The largest absolute Gasteiger partial charge is 0.248 e. The molecule has 1 heteroatoms. The topological polar surface area (TPSA) is 12.4 Å². The van der Waals surface area contributed by atoms with Gasteiger partial charge in [0.05, 0.1) is 11.1 Å². The third-order valence-corrected chi connectivity index (χ3v) is 6.63. The molecule has 1 aliphatic heterocycles. The van der Waals surface area contributed by atoms with Gasteiger partial charge in [0.2, 0.25) is 0 Å². The van der Waals surface area contributed by atoms with Gasteiger partial charge < -0.3 is 0 Å². The maximum atomic E-state index is 5.00. The first kappa shape index (κ1) is 13.9. The van der Waals surface area contributed by atoms with Gasteiger partial charge in [0.1, 0.15) is 0 Å². The van der Waals surface area contributed by atoms with Crippen molar-refractivity contribution in [1.29, 1.82) is 0 Å². The first-order chi connectivity index (χ1) is 13.4. The van der Waals surface area contributed by atoms with Gasteiger partial charge in [-0.15, -0.1) is 0 Å². The van der Waals surface area contributed by atoms with Gasteiger partial charge in [-0.1, -0.05) is 72.8 Å². The molecule has 0 spiro atoms. The average Bonchev–Trinajstić information content (AvgIpc) is 3.13. The van der Waals surface area contributed by atoms with Crippen LogP contribution in [0.3, 0.4) is 0 Å². The summed E-state index contributed by atoms with van der Waals surface area (Å²) in [5, 5.41) is 5.28. The monoisotopic (exact) mass is 343 g/mol. The number of nitrogens with zero attached hydrogens (tertiary/aromatic N) is 1. The Kier molecular flexibility index (Phi) is 2.45. The summed E-state index contributed by atoms with van der Waals surface area (Å²) in [5.41, 5.74) is 8.47. The fourth-order valence-electron chi connectivity index (χ4n) is 5.56. The number of allylic oxidation sites excluding steroid dienone is 5. The highest BCUT2D eigenvalue weighted by molar-refractivity contribution is 5.99. The molecule has 0 aromatic heterocycles. The molecule has 0 fully saturated rings. The Balaban J connectivity index is 1.66. The first-order valence-electron chi connectivity index (χ1n) is 9.72. The SMILES string of the molecule is C1=CC(c2ccccc2)C2C3=C1CC=C1N=c4ccc5cccc2c5c4=C13. The van der Waals surface area contributed by atoms with Gasteiger partial charge >= 0.3 is 0 Å². The molecule has 0 saturated heterocycles. The molecule has 1 nitrogen and oxygen atoms in total. The van der Waals surface area contributed by atoms with Crippen molar-refractivity contribution in [1.82, 2.24) is 0 Å². The zero-order chi connectivity index (χ0) is 17.5. The van der Waals surface area contributed by atoms with Gasteiger partial charge in [-0.3, -0.25) is 0 Å². The highest BCUT2D eigenvalue weighted by Gasteiger charge is 2.40. The lowest BCUT2D eigenvalue weighted by Gasteiger charge is -2.38. The molecular formula is C26H17N. The van der Waals surface area contributed by atoms with Crippen molar-refractivity contribution in [3.63, 3.8) is 0 Å². The number of hydrogen-bond acceptors (Lipinski definition) is 1. The van der Waals surface area contributed by atoms with Gasteiger partial charge in [0.25, 0.3) is 0 Å². The molecule has 3 aromatic rings. The van der Waals surface area contributed by atoms with Crippen LogP contribution in [0.5, 0.6) is 0 Å². The van der Waals surface area contributed by atoms with E-state index in [1.165, 1.54) is 49.5 Å². The van der Waals surface area contributed by atoms with Crippen LogP contribution in [-0.2, 0) is 0 Å². The zero-order valence-corrected chi connectivity index (χ0v) is 14.8. The summed E-state index contributed by atoms with van der Waals surface area (Å²) in [7, 11) is 0. The predicted octanol–water partition coefficient (Wildman–Crippen LogP) is 4.66. The quantitative estimate of drug-likeness (QED) is 0.609. The third kappa shape index (κ3) is 1.63. The number of rotatable bonds is 1. The van der Waals surface area contributed by atoms with E-state index < -0.39 is 0 Å². The summed E-state index contributed by atoms with van der Waals surface area (Å²) in [6.07, 6.45) is 8.11. The lowest BCUT2D eigenvalue weighted by atomic mass is 9.65. The van der Waals surface area contributed by atoms with Crippen LogP contribution < -0.4 is 10.6 Å². The van der Waals surface area contributed by atoms with E-state index in [4.69, 9.17) is 4.99 Å². The smallest absolute Gasteiger partial charge is 0.0722 e. The Morgan fingerprint density at radius 1 is 0.889 bits per heavy atom. The van der Waals surface area contributed by atoms with Gasteiger partial charge in [-0.25, -0.2) is 4.99 Å². The molecule has 2 atom stereocenters. The Morgan fingerprint density at radius 3 is 2.74 bits per heavy atom. The van der Waals surface area contributed by atoms with Crippen LogP contribution in [0.2, 0.25) is 0 Å². The number of fused-ring (bicyclic) bond motifs is 1. The lowest BCUT2D eigenvalue weighted by Crippen LogP contribution is -2.32. The van der Waals surface area contributed by atoms with E-state index in [-0.39, 0.29) is 0 Å². The number of hydrogen-bond donors (Lipinski definition) is 0. The Hall–Kier alpha value is -3.19. The van der Waals surface area contributed by atoms with E-state index in [1.807, 2.05) is 0 Å². The van der Waals surface area contributed by atoms with Crippen molar-refractivity contribution < 1.29 is 0 Å². The van der Waals surface area contributed by atoms with Gasteiger partial charge in [0, 0.05) is 22.6 Å². The van der Waals surface area contributed by atoms with Crippen molar-refractivity contribution in [3.8, 4) is 0 Å². The summed E-state index contributed by atoms with van der Waals surface area (Å²) >= 11 is 0. The number of benzene rings is 3. The Labute approximate surface area is 157 Å². The van der Waals surface area contributed by atoms with Crippen LogP contribution in [0.25, 0.3) is 16.3 Å². The predicted molar refractivity (Wildman–Crippen MR) is 109 cm³/mol. The van der Waals surface area contributed by atoms with Crippen LogP contribution in [-0.4, -0.2) is 0 Å². The van der Waals surface area contributed by atoms with E-state index in [0.717, 1.165) is 11.8 Å². The molecule has 27 heavy (non-hydrogen) atoms. The summed E-state index contributed by atoms with van der Waals surface area (Å²) < 4.78 is 0. The molecule has 0 saturated carbocycles. The van der Waals surface area contributed by atoms with E-state index >= 15 is 0 Å². The van der Waals surface area contributed by atoms with Crippen molar-refractivity contribution in [2.75, 3.05) is 0 Å². The summed E-state index contributed by atoms with van der Waals surface area (Å²) in [5.74, 6) is 0.755. The minimum Gasteiger partial charge on any atom is -0.248 e. The Bertz CT molecular complexity index is 1380. The van der Waals surface area contributed by atoms with Gasteiger partial charge in [-0.2, -0.15) is 0 Å². The average molecular weight is 343 g/mol. The second kappa shape index (κ2) is 4.75. The van der Waals surface area contributed by atoms with E-state index in [9.17, 15) is 0 Å². The zero-order valence-electron chi connectivity index (χ0n) is 14.8. The minimum absolute atomic E-state index is 0.375. The fraction of sp³-hybridized carbons (Fsp3) is 0.115. The van der Waals surface area contributed by atoms with Crippen LogP contribution in [0.4, 0.5) is 0 Å². The maximum Gasteiger partial charge on any atom is 0.0722 e. The molecule has 0 radical (unpaired) electrons. The summed E-state index contributed by atoms with van der Waals surface area (Å²) in [6.45, 7) is 0. The van der Waals surface area contributed by atoms with Crippen LogP contribution >= 0.6 is 0 Å². The lowest BCUT2D eigenvalue weighted by molar-refractivity contribution is 0.696. The van der Waals surface area contributed by atoms with E-state index in [2.05, 4.69) is 78.9 Å². The highest BCUT2D eigenvalue weighted by Crippen LogP contribution is 2.53. The molecule has 7 rings (SSSR count). The van der Waals surface area contributed by atoms with E-state index in [0.29, 0.717) is 11.8 Å². The molecule has 0 amide bonds. The molecule has 126 valence electrons. The molecule has 1 heterocycles. The van der Waals surface area contributed by atoms with Crippen LogP contribution in [0.1, 0.15) is 29.4 Å². The summed E-state index contributed by atoms with van der Waals surface area (Å²) in [4.78, 5) is 5.00. The normalized spacial score (nSPS) is 23.6.